The first-order valence-corrected chi connectivity index (χ1v) is 7.76. The highest BCUT2D eigenvalue weighted by Crippen LogP contribution is 2.20. The van der Waals surface area contributed by atoms with Gasteiger partial charge in [0, 0.05) is 39.1 Å². The SMILES string of the molecule is CC(=O)NCCN1CC(NCC(C)C)CC(C(C)O)C1. The second-order valence-electron chi connectivity index (χ2n) is 6.48. The lowest BCUT2D eigenvalue weighted by Gasteiger charge is -2.39. The molecule has 1 amide bonds. The molecular formula is C15H31N3O2. The summed E-state index contributed by atoms with van der Waals surface area (Å²) in [5, 5.41) is 16.3. The fourth-order valence-electron chi connectivity index (χ4n) is 2.70. The number of piperidine rings is 1. The third kappa shape index (κ3) is 6.68. The number of carbonyl (C=O) groups is 1. The van der Waals surface area contributed by atoms with Crippen LogP contribution in [0.1, 0.15) is 34.1 Å². The molecule has 0 bridgehead atoms. The van der Waals surface area contributed by atoms with Crippen LogP contribution in [0.15, 0.2) is 0 Å². The second-order valence-corrected chi connectivity index (χ2v) is 6.48. The lowest BCUT2D eigenvalue weighted by Crippen LogP contribution is -2.53. The molecule has 1 aliphatic rings. The van der Waals surface area contributed by atoms with E-state index >= 15 is 0 Å². The zero-order valence-corrected chi connectivity index (χ0v) is 13.4. The van der Waals surface area contributed by atoms with E-state index in [0.29, 0.717) is 24.4 Å². The van der Waals surface area contributed by atoms with Crippen molar-refractivity contribution < 1.29 is 9.90 Å². The number of likely N-dealkylation sites (tertiary alicyclic amines) is 1. The van der Waals surface area contributed by atoms with Gasteiger partial charge in [-0.05, 0) is 31.7 Å². The molecule has 5 heteroatoms. The Morgan fingerprint density at radius 2 is 2.05 bits per heavy atom. The van der Waals surface area contributed by atoms with E-state index in [-0.39, 0.29) is 12.0 Å². The second kappa shape index (κ2) is 8.60. The zero-order valence-electron chi connectivity index (χ0n) is 13.4. The Kier molecular flexibility index (Phi) is 7.48. The fraction of sp³-hybridized carbons (Fsp3) is 0.933. The molecule has 0 aromatic heterocycles. The van der Waals surface area contributed by atoms with Crippen LogP contribution < -0.4 is 10.6 Å². The molecule has 1 saturated heterocycles. The van der Waals surface area contributed by atoms with E-state index in [1.807, 2.05) is 6.92 Å². The van der Waals surface area contributed by atoms with Crippen LogP contribution in [0.4, 0.5) is 0 Å². The van der Waals surface area contributed by atoms with Crippen LogP contribution in [0.3, 0.4) is 0 Å². The molecule has 20 heavy (non-hydrogen) atoms. The van der Waals surface area contributed by atoms with Crippen LogP contribution >= 0.6 is 0 Å². The molecule has 0 aromatic rings. The Labute approximate surface area is 123 Å². The van der Waals surface area contributed by atoms with Gasteiger partial charge in [-0.3, -0.25) is 9.69 Å². The summed E-state index contributed by atoms with van der Waals surface area (Å²) in [6.45, 7) is 12.3. The maximum atomic E-state index is 10.9. The number of carbonyl (C=O) groups excluding carboxylic acids is 1. The fourth-order valence-corrected chi connectivity index (χ4v) is 2.70. The first-order chi connectivity index (χ1) is 9.38. The molecule has 0 saturated carbocycles. The molecule has 118 valence electrons. The van der Waals surface area contributed by atoms with E-state index < -0.39 is 0 Å². The van der Waals surface area contributed by atoms with Crippen LogP contribution in [-0.4, -0.2) is 60.8 Å². The number of nitrogens with zero attached hydrogens (tertiary/aromatic N) is 1. The maximum absolute atomic E-state index is 10.9. The molecular weight excluding hydrogens is 254 g/mol. The summed E-state index contributed by atoms with van der Waals surface area (Å²) >= 11 is 0. The van der Waals surface area contributed by atoms with Gasteiger partial charge in [0.15, 0.2) is 0 Å². The molecule has 3 unspecified atom stereocenters. The largest absolute Gasteiger partial charge is 0.393 e. The number of amides is 1. The molecule has 3 N–H and O–H groups in total. The van der Waals surface area contributed by atoms with Gasteiger partial charge in [0.2, 0.25) is 5.91 Å². The number of hydrogen-bond acceptors (Lipinski definition) is 4. The lowest BCUT2D eigenvalue weighted by atomic mass is 9.90. The smallest absolute Gasteiger partial charge is 0.216 e. The van der Waals surface area contributed by atoms with E-state index in [2.05, 4.69) is 29.4 Å². The molecule has 0 radical (unpaired) electrons. The number of aliphatic hydroxyl groups is 1. The number of nitrogens with one attached hydrogen (secondary N) is 2. The molecule has 5 nitrogen and oxygen atoms in total. The Hall–Kier alpha value is -0.650. The molecule has 1 heterocycles. The van der Waals surface area contributed by atoms with Crippen molar-refractivity contribution in [3.8, 4) is 0 Å². The summed E-state index contributed by atoms with van der Waals surface area (Å²) in [6.07, 6.45) is 0.753. The Morgan fingerprint density at radius 3 is 2.60 bits per heavy atom. The van der Waals surface area contributed by atoms with Gasteiger partial charge in [0.1, 0.15) is 0 Å². The molecule has 0 aromatic carbocycles. The normalized spacial score (nSPS) is 25.7. The molecule has 0 aliphatic carbocycles. The summed E-state index contributed by atoms with van der Waals surface area (Å²) in [4.78, 5) is 13.3. The van der Waals surface area contributed by atoms with Crippen LogP contribution in [0.2, 0.25) is 0 Å². The van der Waals surface area contributed by atoms with Gasteiger partial charge >= 0.3 is 0 Å². The number of hydrogen-bond donors (Lipinski definition) is 3. The number of aliphatic hydroxyl groups excluding tert-OH is 1. The van der Waals surface area contributed by atoms with Crippen LogP contribution in [0.5, 0.6) is 0 Å². The minimum Gasteiger partial charge on any atom is -0.393 e. The van der Waals surface area contributed by atoms with E-state index in [9.17, 15) is 9.90 Å². The Balaban J connectivity index is 2.45. The van der Waals surface area contributed by atoms with E-state index in [1.165, 1.54) is 0 Å². The van der Waals surface area contributed by atoms with E-state index in [0.717, 1.165) is 32.6 Å². The quantitative estimate of drug-likeness (QED) is 0.635. The molecule has 1 fully saturated rings. The van der Waals surface area contributed by atoms with Crippen LogP contribution in [0.25, 0.3) is 0 Å². The molecule has 3 atom stereocenters. The van der Waals surface area contributed by atoms with Gasteiger partial charge in [0.05, 0.1) is 6.10 Å². The van der Waals surface area contributed by atoms with Crippen molar-refractivity contribution in [3.05, 3.63) is 0 Å². The van der Waals surface area contributed by atoms with Crippen molar-refractivity contribution in [3.63, 3.8) is 0 Å². The Bertz CT molecular complexity index is 295. The predicted octanol–water partition coefficient (Wildman–Crippen LogP) is 0.439. The average Bonchev–Trinajstić information content (AvgIpc) is 2.35. The van der Waals surface area contributed by atoms with Gasteiger partial charge < -0.3 is 15.7 Å². The van der Waals surface area contributed by atoms with Gasteiger partial charge in [-0.1, -0.05) is 13.8 Å². The molecule has 1 rings (SSSR count). The summed E-state index contributed by atoms with van der Waals surface area (Å²) in [5.74, 6) is 0.962. The van der Waals surface area contributed by atoms with Gasteiger partial charge in [-0.2, -0.15) is 0 Å². The standard InChI is InChI=1S/C15H31N3O2/c1-11(2)8-17-15-7-14(12(3)19)9-18(10-15)6-5-16-13(4)20/h11-12,14-15,17,19H,5-10H2,1-4H3,(H,16,20). The summed E-state index contributed by atoms with van der Waals surface area (Å²) in [7, 11) is 0. The predicted molar refractivity (Wildman–Crippen MR) is 81.5 cm³/mol. The first-order valence-electron chi connectivity index (χ1n) is 7.76. The van der Waals surface area contributed by atoms with Crippen molar-refractivity contribution in [2.75, 3.05) is 32.7 Å². The van der Waals surface area contributed by atoms with Gasteiger partial charge in [-0.15, -0.1) is 0 Å². The molecule has 0 spiro atoms. The summed E-state index contributed by atoms with van der Waals surface area (Å²) < 4.78 is 0. The van der Waals surface area contributed by atoms with Crippen molar-refractivity contribution in [2.24, 2.45) is 11.8 Å². The molecule has 1 aliphatic heterocycles. The summed E-state index contributed by atoms with van der Waals surface area (Å²) in [6, 6.07) is 0.433. The minimum absolute atomic E-state index is 0.0172. The van der Waals surface area contributed by atoms with Crippen LogP contribution in [-0.2, 0) is 4.79 Å². The maximum Gasteiger partial charge on any atom is 0.216 e. The number of rotatable bonds is 7. The van der Waals surface area contributed by atoms with E-state index in [1.54, 1.807) is 6.92 Å². The van der Waals surface area contributed by atoms with Gasteiger partial charge in [-0.25, -0.2) is 0 Å². The highest BCUT2D eigenvalue weighted by molar-refractivity contribution is 5.72. The first kappa shape index (κ1) is 17.4. The van der Waals surface area contributed by atoms with Crippen molar-refractivity contribution in [2.45, 2.75) is 46.3 Å². The zero-order chi connectivity index (χ0) is 15.1. The monoisotopic (exact) mass is 285 g/mol. The topological polar surface area (TPSA) is 64.6 Å². The Morgan fingerprint density at radius 1 is 1.35 bits per heavy atom. The van der Waals surface area contributed by atoms with Crippen molar-refractivity contribution >= 4 is 5.91 Å². The highest BCUT2D eigenvalue weighted by Gasteiger charge is 2.29. The summed E-state index contributed by atoms with van der Waals surface area (Å²) in [5.41, 5.74) is 0. The third-order valence-electron chi connectivity index (χ3n) is 3.86. The highest BCUT2D eigenvalue weighted by atomic mass is 16.3. The van der Waals surface area contributed by atoms with Crippen molar-refractivity contribution in [1.29, 1.82) is 0 Å². The van der Waals surface area contributed by atoms with E-state index in [4.69, 9.17) is 0 Å². The third-order valence-corrected chi connectivity index (χ3v) is 3.86. The van der Waals surface area contributed by atoms with Crippen LogP contribution in [0, 0.1) is 11.8 Å². The van der Waals surface area contributed by atoms with Crippen molar-refractivity contribution in [1.82, 2.24) is 15.5 Å². The average molecular weight is 285 g/mol. The minimum atomic E-state index is -0.276. The lowest BCUT2D eigenvalue weighted by molar-refractivity contribution is -0.119. The van der Waals surface area contributed by atoms with Gasteiger partial charge in [0.25, 0.3) is 0 Å².